The van der Waals surface area contributed by atoms with Crippen molar-refractivity contribution in [3.8, 4) is 0 Å². The average molecular weight is 319 g/mol. The number of carbonyl (C=O) groups is 1. The molecule has 1 amide bonds. The van der Waals surface area contributed by atoms with Crippen LogP contribution in [-0.2, 0) is 16.1 Å². The summed E-state index contributed by atoms with van der Waals surface area (Å²) in [7, 11) is 2.22. The highest BCUT2D eigenvalue weighted by Crippen LogP contribution is 2.35. The van der Waals surface area contributed by atoms with Crippen LogP contribution < -0.4 is 0 Å². The largest absolute Gasteiger partial charge is 0.381 e. The number of rotatable bonds is 3. The number of piperidine rings is 1. The summed E-state index contributed by atoms with van der Waals surface area (Å²) in [6.45, 7) is 4.01. The molecule has 0 aromatic carbocycles. The maximum atomic E-state index is 12.6. The second-order valence-electron chi connectivity index (χ2n) is 7.13. The van der Waals surface area contributed by atoms with Crippen molar-refractivity contribution >= 4 is 5.91 Å². The molecule has 7 nitrogen and oxygen atoms in total. The number of fused-ring (bicyclic) bond motifs is 1. The fourth-order valence-electron chi connectivity index (χ4n) is 4.51. The van der Waals surface area contributed by atoms with Gasteiger partial charge in [0, 0.05) is 31.8 Å². The average Bonchev–Trinajstić information content (AvgIpc) is 3.30. The van der Waals surface area contributed by atoms with Crippen molar-refractivity contribution in [2.45, 2.75) is 37.9 Å². The van der Waals surface area contributed by atoms with E-state index in [9.17, 15) is 4.79 Å². The molecule has 23 heavy (non-hydrogen) atoms. The topological polar surface area (TPSA) is 63.5 Å². The first-order chi connectivity index (χ1) is 11.2. The highest BCUT2D eigenvalue weighted by atomic mass is 16.5. The van der Waals surface area contributed by atoms with Gasteiger partial charge in [-0.25, -0.2) is 4.98 Å². The van der Waals surface area contributed by atoms with E-state index in [4.69, 9.17) is 4.74 Å². The number of ether oxygens (including phenoxy) is 1. The number of amides is 1. The van der Waals surface area contributed by atoms with Crippen molar-refractivity contribution in [3.63, 3.8) is 0 Å². The summed E-state index contributed by atoms with van der Waals surface area (Å²) in [6, 6.07) is 1.07. The smallest absolute Gasteiger partial charge is 0.228 e. The number of carbonyl (C=O) groups excluding carboxylic acids is 1. The van der Waals surface area contributed by atoms with E-state index in [1.165, 1.54) is 0 Å². The third-order valence-electron chi connectivity index (χ3n) is 5.82. The lowest BCUT2D eigenvalue weighted by Gasteiger charge is -2.38. The van der Waals surface area contributed by atoms with Crippen LogP contribution in [0.15, 0.2) is 12.7 Å². The summed E-state index contributed by atoms with van der Waals surface area (Å²) in [5, 5.41) is 4.23. The van der Waals surface area contributed by atoms with Gasteiger partial charge in [-0.1, -0.05) is 0 Å². The highest BCUT2D eigenvalue weighted by molar-refractivity contribution is 5.79. The van der Waals surface area contributed by atoms with Gasteiger partial charge in [0.15, 0.2) is 0 Å². The van der Waals surface area contributed by atoms with Crippen molar-refractivity contribution in [2.75, 3.05) is 33.4 Å². The Kier molecular flexibility index (Phi) is 4.07. The van der Waals surface area contributed by atoms with E-state index < -0.39 is 0 Å². The van der Waals surface area contributed by atoms with Gasteiger partial charge >= 0.3 is 0 Å². The van der Waals surface area contributed by atoms with Crippen LogP contribution >= 0.6 is 0 Å². The molecule has 4 heterocycles. The van der Waals surface area contributed by atoms with Gasteiger partial charge in [-0.05, 0) is 32.2 Å². The predicted octanol–water partition coefficient (Wildman–Crippen LogP) is 0.236. The third kappa shape index (κ3) is 2.87. The minimum atomic E-state index is 0.0941. The van der Waals surface area contributed by atoms with Crippen molar-refractivity contribution in [1.82, 2.24) is 24.6 Å². The van der Waals surface area contributed by atoms with Crippen LogP contribution in [0, 0.1) is 11.8 Å². The Morgan fingerprint density at radius 3 is 3.04 bits per heavy atom. The third-order valence-corrected chi connectivity index (χ3v) is 5.82. The van der Waals surface area contributed by atoms with Gasteiger partial charge in [-0.15, -0.1) is 0 Å². The number of hydrogen-bond donors (Lipinski definition) is 0. The maximum Gasteiger partial charge on any atom is 0.228 e. The molecule has 1 aromatic heterocycles. The fourth-order valence-corrected chi connectivity index (χ4v) is 4.51. The van der Waals surface area contributed by atoms with Gasteiger partial charge in [0.05, 0.1) is 19.1 Å². The second-order valence-corrected chi connectivity index (χ2v) is 7.13. The van der Waals surface area contributed by atoms with Crippen LogP contribution in [0.1, 0.15) is 19.3 Å². The summed E-state index contributed by atoms with van der Waals surface area (Å²) in [6.07, 6.45) is 6.47. The summed E-state index contributed by atoms with van der Waals surface area (Å²) in [5.74, 6) is 0.980. The molecule has 0 bridgehead atoms. The van der Waals surface area contributed by atoms with E-state index in [1.807, 2.05) is 4.68 Å². The molecule has 0 radical (unpaired) electrons. The van der Waals surface area contributed by atoms with Crippen molar-refractivity contribution < 1.29 is 9.53 Å². The fraction of sp³-hybridized carbons (Fsp3) is 0.812. The van der Waals surface area contributed by atoms with Crippen LogP contribution in [0.3, 0.4) is 0 Å². The zero-order valence-corrected chi connectivity index (χ0v) is 13.7. The molecule has 3 saturated heterocycles. The quantitative estimate of drug-likeness (QED) is 0.798. The lowest BCUT2D eigenvalue weighted by atomic mass is 9.91. The maximum absolute atomic E-state index is 12.6. The van der Waals surface area contributed by atoms with Crippen molar-refractivity contribution in [2.24, 2.45) is 11.8 Å². The molecule has 0 spiro atoms. The van der Waals surface area contributed by atoms with E-state index in [0.717, 1.165) is 45.5 Å². The first kappa shape index (κ1) is 15.1. The van der Waals surface area contributed by atoms with E-state index >= 15 is 0 Å². The van der Waals surface area contributed by atoms with Crippen LogP contribution in [0.2, 0.25) is 0 Å². The molecular weight excluding hydrogens is 294 g/mol. The molecule has 7 heteroatoms. The lowest BCUT2D eigenvalue weighted by Crippen LogP contribution is -2.49. The Hall–Kier alpha value is -1.47. The van der Waals surface area contributed by atoms with Gasteiger partial charge in [0.2, 0.25) is 5.91 Å². The Bertz CT molecular complexity index is 543. The van der Waals surface area contributed by atoms with E-state index in [2.05, 4.69) is 26.9 Å². The predicted molar refractivity (Wildman–Crippen MR) is 83.6 cm³/mol. The number of nitrogens with zero attached hydrogens (tertiary/aromatic N) is 5. The van der Waals surface area contributed by atoms with Crippen LogP contribution in [-0.4, -0.2) is 75.9 Å². The van der Waals surface area contributed by atoms with Gasteiger partial charge in [-0.3, -0.25) is 14.4 Å². The standard InChI is InChI=1S/C16H25N5O2/c1-19-14(8-21-11-17-10-18-21)6-13-7-20(4-2-15(13)19)16(22)12-3-5-23-9-12/h10-15H,2-9H2,1H3/t12-,13-,14+,15+/m1/s1. The second kappa shape index (κ2) is 6.20. The lowest BCUT2D eigenvalue weighted by molar-refractivity contribution is -0.137. The number of aromatic nitrogens is 3. The molecule has 1 aromatic rings. The zero-order valence-electron chi connectivity index (χ0n) is 13.7. The summed E-state index contributed by atoms with van der Waals surface area (Å²) < 4.78 is 7.29. The molecule has 3 aliphatic rings. The Morgan fingerprint density at radius 1 is 1.39 bits per heavy atom. The highest BCUT2D eigenvalue weighted by Gasteiger charge is 2.43. The van der Waals surface area contributed by atoms with E-state index in [-0.39, 0.29) is 5.92 Å². The molecule has 0 N–H and O–H groups in total. The van der Waals surface area contributed by atoms with Crippen molar-refractivity contribution in [3.05, 3.63) is 12.7 Å². The van der Waals surface area contributed by atoms with Gasteiger partial charge in [-0.2, -0.15) is 5.10 Å². The molecule has 0 unspecified atom stereocenters. The normalized spacial score (nSPS) is 34.7. The van der Waals surface area contributed by atoms with Gasteiger partial charge in [0.25, 0.3) is 0 Å². The molecule has 0 aliphatic carbocycles. The zero-order chi connectivity index (χ0) is 15.8. The van der Waals surface area contributed by atoms with Crippen molar-refractivity contribution in [1.29, 1.82) is 0 Å². The van der Waals surface area contributed by atoms with E-state index in [1.54, 1.807) is 12.7 Å². The molecular formula is C16H25N5O2. The Morgan fingerprint density at radius 2 is 2.30 bits per heavy atom. The molecule has 3 aliphatic heterocycles. The molecule has 126 valence electrons. The number of likely N-dealkylation sites (N-methyl/N-ethyl adjacent to an activating group) is 1. The van der Waals surface area contributed by atoms with Gasteiger partial charge < -0.3 is 9.64 Å². The van der Waals surface area contributed by atoms with Crippen LogP contribution in [0.5, 0.6) is 0 Å². The summed E-state index contributed by atoms with van der Waals surface area (Å²) >= 11 is 0. The Labute approximate surface area is 136 Å². The van der Waals surface area contributed by atoms with Gasteiger partial charge in [0.1, 0.15) is 12.7 Å². The Balaban J connectivity index is 1.38. The molecule has 0 saturated carbocycles. The monoisotopic (exact) mass is 319 g/mol. The van der Waals surface area contributed by atoms with Crippen LogP contribution in [0.4, 0.5) is 0 Å². The first-order valence-corrected chi connectivity index (χ1v) is 8.63. The number of hydrogen-bond acceptors (Lipinski definition) is 5. The minimum Gasteiger partial charge on any atom is -0.381 e. The first-order valence-electron chi connectivity index (χ1n) is 8.63. The SMILES string of the molecule is CN1[C@H](Cn2cncn2)C[C@@H]2CN(C(=O)[C@@H]3CCOC3)CC[C@@H]21. The summed E-state index contributed by atoms with van der Waals surface area (Å²) in [4.78, 5) is 21.2. The van der Waals surface area contributed by atoms with Crippen LogP contribution in [0.25, 0.3) is 0 Å². The molecule has 4 atom stereocenters. The minimum absolute atomic E-state index is 0.0941. The summed E-state index contributed by atoms with van der Waals surface area (Å²) in [5.41, 5.74) is 0. The molecule has 4 rings (SSSR count). The number of likely N-dealkylation sites (tertiary alicyclic amines) is 2. The molecule has 3 fully saturated rings. The van der Waals surface area contributed by atoms with E-state index in [0.29, 0.717) is 30.5 Å².